The first-order chi connectivity index (χ1) is 10.6. The quantitative estimate of drug-likeness (QED) is 0.628. The van der Waals surface area contributed by atoms with Crippen molar-refractivity contribution in [2.24, 2.45) is 0 Å². The van der Waals surface area contributed by atoms with E-state index in [-0.39, 0.29) is 24.7 Å². The van der Waals surface area contributed by atoms with Crippen LogP contribution in [0.3, 0.4) is 0 Å². The number of hydrogen-bond acceptors (Lipinski definition) is 5. The summed E-state index contributed by atoms with van der Waals surface area (Å²) in [5.74, 6) is -0.419. The van der Waals surface area contributed by atoms with Crippen LogP contribution in [0.1, 0.15) is 0 Å². The molecule has 1 unspecified atom stereocenters. The van der Waals surface area contributed by atoms with Gasteiger partial charge in [-0.2, -0.15) is 0 Å². The first kappa shape index (κ1) is 15.7. The minimum Gasteiger partial charge on any atom is -0.491 e. The summed E-state index contributed by atoms with van der Waals surface area (Å²) in [4.78, 5) is 9.79. The van der Waals surface area contributed by atoms with Crippen LogP contribution in [0.5, 0.6) is 11.5 Å². The first-order valence-electron chi connectivity index (χ1n) is 6.49. The minimum atomic E-state index is -0.963. The van der Waals surface area contributed by atoms with Crippen LogP contribution in [0.2, 0.25) is 0 Å². The van der Waals surface area contributed by atoms with E-state index in [4.69, 9.17) is 9.47 Å². The van der Waals surface area contributed by atoms with Crippen molar-refractivity contribution in [3.05, 3.63) is 64.5 Å². The lowest BCUT2D eigenvalue weighted by Crippen LogP contribution is -2.25. The monoisotopic (exact) mass is 307 g/mol. The number of rotatable bonds is 7. The van der Waals surface area contributed by atoms with Crippen LogP contribution in [0, 0.1) is 15.9 Å². The molecule has 0 amide bonds. The highest BCUT2D eigenvalue weighted by atomic mass is 19.1. The summed E-state index contributed by atoms with van der Waals surface area (Å²) in [6, 6.07) is 12.0. The number of non-ortho nitro benzene ring substituents is 1. The molecule has 0 radical (unpaired) electrons. The number of ether oxygens (including phenoxy) is 2. The topological polar surface area (TPSA) is 81.8 Å². The SMILES string of the molecule is O=[N+]([O-])c1ccc(OCC(O)COc2ccccc2)c(F)c1. The molecule has 2 aromatic carbocycles. The Morgan fingerprint density at radius 1 is 1.14 bits per heavy atom. The van der Waals surface area contributed by atoms with Gasteiger partial charge < -0.3 is 14.6 Å². The van der Waals surface area contributed by atoms with E-state index in [1.54, 1.807) is 24.3 Å². The predicted molar refractivity (Wildman–Crippen MR) is 76.5 cm³/mol. The van der Waals surface area contributed by atoms with Crippen molar-refractivity contribution in [2.75, 3.05) is 13.2 Å². The Bertz CT molecular complexity index is 635. The Morgan fingerprint density at radius 3 is 2.45 bits per heavy atom. The van der Waals surface area contributed by atoms with Crippen molar-refractivity contribution < 1.29 is 23.9 Å². The van der Waals surface area contributed by atoms with E-state index in [2.05, 4.69) is 0 Å². The number of aliphatic hydroxyl groups excluding tert-OH is 1. The number of halogens is 1. The molecule has 0 aliphatic heterocycles. The van der Waals surface area contributed by atoms with Gasteiger partial charge in [0.1, 0.15) is 25.1 Å². The number of aliphatic hydroxyl groups is 1. The van der Waals surface area contributed by atoms with Crippen LogP contribution in [0.15, 0.2) is 48.5 Å². The molecule has 116 valence electrons. The average molecular weight is 307 g/mol. The van der Waals surface area contributed by atoms with E-state index in [0.717, 1.165) is 18.2 Å². The largest absolute Gasteiger partial charge is 0.491 e. The molecule has 6 nitrogen and oxygen atoms in total. The molecule has 2 rings (SSSR count). The summed E-state index contributed by atoms with van der Waals surface area (Å²) in [5.41, 5.74) is -0.363. The Labute approximate surface area is 125 Å². The zero-order chi connectivity index (χ0) is 15.9. The molecule has 7 heteroatoms. The fourth-order valence-electron chi connectivity index (χ4n) is 1.66. The molecule has 0 saturated carbocycles. The fourth-order valence-corrected chi connectivity index (χ4v) is 1.66. The molecule has 0 aromatic heterocycles. The summed E-state index contributed by atoms with van der Waals surface area (Å²) in [7, 11) is 0. The standard InChI is InChI=1S/C15H14FNO5/c16-14-8-11(17(19)20)6-7-15(14)22-10-12(18)9-21-13-4-2-1-3-5-13/h1-8,12,18H,9-10H2. The van der Waals surface area contributed by atoms with Crippen LogP contribution >= 0.6 is 0 Å². The van der Waals surface area contributed by atoms with Crippen molar-refractivity contribution >= 4 is 5.69 Å². The molecule has 1 N–H and O–H groups in total. The van der Waals surface area contributed by atoms with E-state index in [0.29, 0.717) is 5.75 Å². The third-order valence-electron chi connectivity index (χ3n) is 2.74. The van der Waals surface area contributed by atoms with Gasteiger partial charge in [0.15, 0.2) is 11.6 Å². The van der Waals surface area contributed by atoms with Crippen LogP contribution in [0.4, 0.5) is 10.1 Å². The van der Waals surface area contributed by atoms with E-state index >= 15 is 0 Å². The van der Waals surface area contributed by atoms with Crippen molar-refractivity contribution in [2.45, 2.75) is 6.10 Å². The number of nitro groups is 1. The zero-order valence-electron chi connectivity index (χ0n) is 11.5. The molecule has 0 spiro atoms. The van der Waals surface area contributed by atoms with Crippen molar-refractivity contribution in [1.29, 1.82) is 0 Å². The second-order valence-corrected chi connectivity index (χ2v) is 4.46. The molecule has 1 atom stereocenters. The Kier molecular flexibility index (Phi) is 5.26. The van der Waals surface area contributed by atoms with E-state index in [1.165, 1.54) is 0 Å². The summed E-state index contributed by atoms with van der Waals surface area (Å²) in [6.07, 6.45) is -0.963. The van der Waals surface area contributed by atoms with Gasteiger partial charge in [-0.05, 0) is 18.2 Å². The lowest BCUT2D eigenvalue weighted by Gasteiger charge is -2.13. The van der Waals surface area contributed by atoms with Gasteiger partial charge in [0, 0.05) is 6.07 Å². The number of hydrogen-bond donors (Lipinski definition) is 1. The van der Waals surface area contributed by atoms with Gasteiger partial charge in [0.25, 0.3) is 5.69 Å². The molecule has 0 fully saturated rings. The predicted octanol–water partition coefficient (Wildman–Crippen LogP) is 2.55. The van der Waals surface area contributed by atoms with E-state index in [1.807, 2.05) is 6.07 Å². The van der Waals surface area contributed by atoms with Crippen LogP contribution in [-0.4, -0.2) is 29.3 Å². The van der Waals surface area contributed by atoms with E-state index in [9.17, 15) is 19.6 Å². The normalized spacial score (nSPS) is 11.7. The third-order valence-corrected chi connectivity index (χ3v) is 2.74. The van der Waals surface area contributed by atoms with Crippen LogP contribution in [-0.2, 0) is 0 Å². The molecule has 0 bridgehead atoms. The maximum absolute atomic E-state index is 13.6. The van der Waals surface area contributed by atoms with Crippen molar-refractivity contribution in [3.8, 4) is 11.5 Å². The molecule has 0 saturated heterocycles. The van der Waals surface area contributed by atoms with Crippen LogP contribution < -0.4 is 9.47 Å². The Balaban J connectivity index is 1.83. The molecular weight excluding hydrogens is 293 g/mol. The highest BCUT2D eigenvalue weighted by Crippen LogP contribution is 2.22. The minimum absolute atomic E-state index is 0.0153. The summed E-state index contributed by atoms with van der Waals surface area (Å²) in [6.45, 7) is -0.208. The third kappa shape index (κ3) is 4.42. The molecule has 2 aromatic rings. The van der Waals surface area contributed by atoms with Gasteiger partial charge >= 0.3 is 0 Å². The first-order valence-corrected chi connectivity index (χ1v) is 6.49. The molecule has 22 heavy (non-hydrogen) atoms. The number of nitrogens with zero attached hydrogens (tertiary/aromatic N) is 1. The molecular formula is C15H14FNO5. The highest BCUT2D eigenvalue weighted by Gasteiger charge is 2.13. The average Bonchev–Trinajstić information content (AvgIpc) is 2.52. The molecule has 0 heterocycles. The van der Waals surface area contributed by atoms with E-state index < -0.39 is 16.8 Å². The maximum atomic E-state index is 13.6. The number of nitro benzene ring substituents is 1. The number of benzene rings is 2. The maximum Gasteiger partial charge on any atom is 0.272 e. The van der Waals surface area contributed by atoms with Gasteiger partial charge in [-0.25, -0.2) is 4.39 Å². The summed E-state index contributed by atoms with van der Waals surface area (Å²) >= 11 is 0. The number of para-hydroxylation sites is 1. The van der Waals surface area contributed by atoms with Crippen LogP contribution in [0.25, 0.3) is 0 Å². The zero-order valence-corrected chi connectivity index (χ0v) is 11.5. The summed E-state index contributed by atoms with van der Waals surface area (Å²) < 4.78 is 24.0. The van der Waals surface area contributed by atoms with Crippen molar-refractivity contribution in [3.63, 3.8) is 0 Å². The highest BCUT2D eigenvalue weighted by molar-refractivity contribution is 5.37. The smallest absolute Gasteiger partial charge is 0.272 e. The van der Waals surface area contributed by atoms with Gasteiger partial charge in [-0.3, -0.25) is 10.1 Å². The lowest BCUT2D eigenvalue weighted by molar-refractivity contribution is -0.385. The van der Waals surface area contributed by atoms with Gasteiger partial charge in [0.2, 0.25) is 0 Å². The fraction of sp³-hybridized carbons (Fsp3) is 0.200. The van der Waals surface area contributed by atoms with Gasteiger partial charge in [-0.1, -0.05) is 18.2 Å². The Hall–Kier alpha value is -2.67. The molecule has 0 aliphatic rings. The summed E-state index contributed by atoms with van der Waals surface area (Å²) in [5, 5.41) is 20.2. The lowest BCUT2D eigenvalue weighted by atomic mass is 10.3. The van der Waals surface area contributed by atoms with Gasteiger partial charge in [0.05, 0.1) is 11.0 Å². The van der Waals surface area contributed by atoms with Crippen molar-refractivity contribution in [1.82, 2.24) is 0 Å². The second kappa shape index (κ2) is 7.37. The molecule has 0 aliphatic carbocycles. The Morgan fingerprint density at radius 2 is 1.82 bits per heavy atom. The van der Waals surface area contributed by atoms with Gasteiger partial charge in [-0.15, -0.1) is 0 Å². The second-order valence-electron chi connectivity index (χ2n) is 4.46.